The molecule has 0 unspecified atom stereocenters. The number of likely N-dealkylation sites (N-methyl/N-ethyl adjacent to an activating group) is 1. The number of esters is 1. The van der Waals surface area contributed by atoms with Gasteiger partial charge in [-0.15, -0.1) is 0 Å². The van der Waals surface area contributed by atoms with Crippen molar-refractivity contribution in [2.75, 3.05) is 20.2 Å². The maximum Gasteiger partial charge on any atom is 0.307 e. The molecule has 1 fully saturated rings. The van der Waals surface area contributed by atoms with Crippen LogP contribution in [0, 0.1) is 18.3 Å². The van der Waals surface area contributed by atoms with Crippen LogP contribution in [0.25, 0.3) is 0 Å². The van der Waals surface area contributed by atoms with Gasteiger partial charge in [0, 0.05) is 13.6 Å². The summed E-state index contributed by atoms with van der Waals surface area (Å²) in [5.41, 5.74) is 0.0966. The summed E-state index contributed by atoms with van der Waals surface area (Å²) in [5.74, 6) is -1.13. The highest BCUT2D eigenvalue weighted by Gasteiger charge is 2.38. The molecule has 0 heterocycles. The molecule has 1 aliphatic rings. The van der Waals surface area contributed by atoms with Crippen molar-refractivity contribution in [1.29, 1.82) is 5.26 Å². The summed E-state index contributed by atoms with van der Waals surface area (Å²) in [6.07, 6.45) is 3.82. The molecule has 0 spiro atoms. The average Bonchev–Trinajstić information content (AvgIpc) is 2.72. The lowest BCUT2D eigenvalue weighted by Crippen LogP contribution is -2.51. The predicted octanol–water partition coefficient (Wildman–Crippen LogP) is 1.89. The number of hydrogen-bond donors (Lipinski definition) is 1. The molecule has 0 aromatic heterocycles. The Balaban J connectivity index is 1.78. The van der Waals surface area contributed by atoms with Crippen LogP contribution in [-0.2, 0) is 24.3 Å². The van der Waals surface area contributed by atoms with Crippen LogP contribution in [0.2, 0.25) is 0 Å². The van der Waals surface area contributed by atoms with E-state index >= 15 is 0 Å². The summed E-state index contributed by atoms with van der Waals surface area (Å²) in [6, 6.07) is 8.59. The van der Waals surface area contributed by atoms with E-state index in [0.717, 1.165) is 24.8 Å². The van der Waals surface area contributed by atoms with Gasteiger partial charge in [-0.3, -0.25) is 9.59 Å². The lowest BCUT2D eigenvalue weighted by Gasteiger charge is -2.38. The molecule has 0 bridgehead atoms. The number of amides is 1. The quantitative estimate of drug-likeness (QED) is 0.641. The molecule has 2 rings (SSSR count). The van der Waals surface area contributed by atoms with Gasteiger partial charge in [0.25, 0.3) is 5.91 Å². The molecule has 1 saturated carbocycles. The van der Waals surface area contributed by atoms with Gasteiger partial charge >= 0.3 is 5.97 Å². The summed E-state index contributed by atoms with van der Waals surface area (Å²) in [6.45, 7) is 1.25. The molecule has 29 heavy (non-hydrogen) atoms. The zero-order chi connectivity index (χ0) is 21.5. The Morgan fingerprint density at radius 1 is 1.21 bits per heavy atom. The molecule has 9 heteroatoms. The minimum absolute atomic E-state index is 0.113. The summed E-state index contributed by atoms with van der Waals surface area (Å²) >= 11 is 0. The Hall–Kier alpha value is -2.44. The molecule has 1 aromatic rings. The van der Waals surface area contributed by atoms with Crippen molar-refractivity contribution >= 4 is 21.9 Å². The number of rotatable bonds is 8. The number of benzene rings is 1. The second kappa shape index (κ2) is 9.85. The Morgan fingerprint density at radius 2 is 1.83 bits per heavy atom. The van der Waals surface area contributed by atoms with E-state index in [9.17, 15) is 23.3 Å². The zero-order valence-electron chi connectivity index (χ0n) is 16.8. The zero-order valence-corrected chi connectivity index (χ0v) is 17.6. The third-order valence-electron chi connectivity index (χ3n) is 5.21. The maximum atomic E-state index is 12.3. The maximum absolute atomic E-state index is 12.3. The van der Waals surface area contributed by atoms with Gasteiger partial charge in [0.15, 0.2) is 6.61 Å². The number of carbonyl (C=O) groups excluding carboxylic acids is 2. The molecule has 0 radical (unpaired) electrons. The topological polar surface area (TPSA) is 117 Å². The van der Waals surface area contributed by atoms with Crippen molar-refractivity contribution < 1.29 is 22.7 Å². The van der Waals surface area contributed by atoms with Gasteiger partial charge in [0.1, 0.15) is 5.54 Å². The lowest BCUT2D eigenvalue weighted by atomic mass is 9.81. The fourth-order valence-corrected chi connectivity index (χ4v) is 4.33. The number of nitrogens with zero attached hydrogens (tertiary/aromatic N) is 2. The van der Waals surface area contributed by atoms with Gasteiger partial charge in [0.05, 0.1) is 17.4 Å². The SMILES string of the molecule is Cc1ccc(S(=O)(=O)NCCC(=O)OCC(=O)N(C)C2(C#N)CCCCC2)cc1. The van der Waals surface area contributed by atoms with E-state index in [0.29, 0.717) is 12.8 Å². The standard InChI is InChI=1S/C20H27N3O5S/c1-16-6-8-17(9-7-16)29(26,27)22-13-10-19(25)28-14-18(24)23(2)20(15-21)11-4-3-5-12-20/h6-9,22H,3-5,10-14H2,1-2H3. The highest BCUT2D eigenvalue weighted by Crippen LogP contribution is 2.32. The second-order valence-electron chi connectivity index (χ2n) is 7.28. The van der Waals surface area contributed by atoms with Gasteiger partial charge < -0.3 is 9.64 Å². The molecular formula is C20H27N3O5S. The van der Waals surface area contributed by atoms with Gasteiger partial charge in [0.2, 0.25) is 10.0 Å². The molecule has 1 amide bonds. The first-order valence-corrected chi connectivity index (χ1v) is 11.1. The summed E-state index contributed by atoms with van der Waals surface area (Å²) in [4.78, 5) is 25.7. The number of carbonyl (C=O) groups is 2. The third kappa shape index (κ3) is 6.02. The third-order valence-corrected chi connectivity index (χ3v) is 6.69. The van der Waals surface area contributed by atoms with Crippen LogP contribution in [0.5, 0.6) is 0 Å². The lowest BCUT2D eigenvalue weighted by molar-refractivity contribution is -0.153. The van der Waals surface area contributed by atoms with Crippen molar-refractivity contribution in [3.05, 3.63) is 29.8 Å². The number of sulfonamides is 1. The minimum atomic E-state index is -3.71. The molecule has 0 saturated heterocycles. The van der Waals surface area contributed by atoms with Crippen molar-refractivity contribution in [1.82, 2.24) is 9.62 Å². The molecule has 8 nitrogen and oxygen atoms in total. The largest absolute Gasteiger partial charge is 0.456 e. The van der Waals surface area contributed by atoms with E-state index in [1.807, 2.05) is 6.92 Å². The minimum Gasteiger partial charge on any atom is -0.456 e. The second-order valence-corrected chi connectivity index (χ2v) is 9.05. The van der Waals surface area contributed by atoms with E-state index in [1.165, 1.54) is 17.0 Å². The van der Waals surface area contributed by atoms with Crippen LogP contribution in [0.4, 0.5) is 0 Å². The molecule has 1 aliphatic carbocycles. The Kier molecular flexibility index (Phi) is 7.76. The van der Waals surface area contributed by atoms with Gasteiger partial charge in [-0.05, 0) is 31.9 Å². The van der Waals surface area contributed by atoms with Gasteiger partial charge in [-0.1, -0.05) is 37.0 Å². The fraction of sp³-hybridized carbons (Fsp3) is 0.550. The van der Waals surface area contributed by atoms with Crippen LogP contribution >= 0.6 is 0 Å². The van der Waals surface area contributed by atoms with Crippen LogP contribution in [-0.4, -0.2) is 50.9 Å². The van der Waals surface area contributed by atoms with Crippen LogP contribution in [0.1, 0.15) is 44.1 Å². The van der Waals surface area contributed by atoms with Crippen molar-refractivity contribution in [2.45, 2.75) is 55.9 Å². The average molecular weight is 422 g/mol. The van der Waals surface area contributed by atoms with E-state index in [2.05, 4.69) is 10.8 Å². The normalized spacial score (nSPS) is 15.9. The van der Waals surface area contributed by atoms with Crippen LogP contribution in [0.15, 0.2) is 29.2 Å². The monoisotopic (exact) mass is 421 g/mol. The van der Waals surface area contributed by atoms with Crippen LogP contribution < -0.4 is 4.72 Å². The van der Waals surface area contributed by atoms with E-state index in [-0.39, 0.29) is 17.9 Å². The Bertz CT molecular complexity index is 868. The molecule has 0 atom stereocenters. The smallest absolute Gasteiger partial charge is 0.307 e. The van der Waals surface area contributed by atoms with E-state index in [1.54, 1.807) is 19.2 Å². The molecule has 158 valence electrons. The molecular weight excluding hydrogens is 394 g/mol. The fourth-order valence-electron chi connectivity index (χ4n) is 3.30. The van der Waals surface area contributed by atoms with Crippen molar-refractivity contribution in [3.63, 3.8) is 0 Å². The first-order valence-electron chi connectivity index (χ1n) is 9.60. The molecule has 1 aromatic carbocycles. The number of ether oxygens (including phenoxy) is 1. The Morgan fingerprint density at radius 3 is 2.41 bits per heavy atom. The summed E-state index contributed by atoms with van der Waals surface area (Å²) in [7, 11) is -2.16. The van der Waals surface area contributed by atoms with Crippen molar-refractivity contribution in [2.24, 2.45) is 0 Å². The first-order chi connectivity index (χ1) is 13.7. The van der Waals surface area contributed by atoms with Gasteiger partial charge in [-0.2, -0.15) is 5.26 Å². The van der Waals surface area contributed by atoms with E-state index < -0.39 is 34.0 Å². The highest BCUT2D eigenvalue weighted by molar-refractivity contribution is 7.89. The van der Waals surface area contributed by atoms with Crippen molar-refractivity contribution in [3.8, 4) is 6.07 Å². The molecule has 0 aliphatic heterocycles. The number of nitriles is 1. The number of aryl methyl sites for hydroxylation is 1. The molecule has 1 N–H and O–H groups in total. The number of nitrogens with one attached hydrogen (secondary N) is 1. The predicted molar refractivity (Wildman–Crippen MR) is 106 cm³/mol. The summed E-state index contributed by atoms with van der Waals surface area (Å²) in [5, 5.41) is 9.52. The van der Waals surface area contributed by atoms with E-state index in [4.69, 9.17) is 4.74 Å². The van der Waals surface area contributed by atoms with Gasteiger partial charge in [-0.25, -0.2) is 13.1 Å². The number of hydrogen-bond acceptors (Lipinski definition) is 6. The highest BCUT2D eigenvalue weighted by atomic mass is 32.2. The Labute approximate surface area is 171 Å². The first kappa shape index (κ1) is 22.8. The van der Waals surface area contributed by atoms with Crippen LogP contribution in [0.3, 0.4) is 0 Å². The summed E-state index contributed by atoms with van der Waals surface area (Å²) < 4.78 is 31.6.